The number of halogens is 2. The van der Waals surface area contributed by atoms with Crippen LogP contribution in [0.3, 0.4) is 0 Å². The number of nitro groups is 1. The maximum atomic E-state index is 13.5. The van der Waals surface area contributed by atoms with E-state index >= 15 is 0 Å². The van der Waals surface area contributed by atoms with Gasteiger partial charge in [-0.2, -0.15) is 5.10 Å². The van der Waals surface area contributed by atoms with Gasteiger partial charge in [0.05, 0.1) is 4.92 Å². The number of para-hydroxylation sites is 1. The van der Waals surface area contributed by atoms with E-state index in [1.165, 1.54) is 25.1 Å². The van der Waals surface area contributed by atoms with Gasteiger partial charge in [0.1, 0.15) is 17.2 Å². The van der Waals surface area contributed by atoms with Crippen molar-refractivity contribution in [3.63, 3.8) is 0 Å². The number of rotatable bonds is 2. The summed E-state index contributed by atoms with van der Waals surface area (Å²) in [5, 5.41) is 14.4. The molecule has 0 aliphatic carbocycles. The molecule has 2 rings (SSSR count). The molecule has 0 fully saturated rings. The summed E-state index contributed by atoms with van der Waals surface area (Å²) in [7, 11) is 0. The first kappa shape index (κ1) is 11.5. The third kappa shape index (κ3) is 1.87. The van der Waals surface area contributed by atoms with Gasteiger partial charge in [-0.25, -0.2) is 9.07 Å². The highest BCUT2D eigenvalue weighted by Crippen LogP contribution is 2.30. The first-order valence-corrected chi connectivity index (χ1v) is 5.04. The number of aromatic nitrogens is 2. The van der Waals surface area contributed by atoms with Gasteiger partial charge in [0, 0.05) is 0 Å². The molecule has 0 saturated carbocycles. The van der Waals surface area contributed by atoms with Crippen molar-refractivity contribution < 1.29 is 9.31 Å². The van der Waals surface area contributed by atoms with Crippen LogP contribution in [0, 0.1) is 22.9 Å². The zero-order valence-electron chi connectivity index (χ0n) is 8.72. The molecule has 5 nitrogen and oxygen atoms in total. The fourth-order valence-corrected chi connectivity index (χ4v) is 1.82. The molecule has 88 valence electrons. The summed E-state index contributed by atoms with van der Waals surface area (Å²) < 4.78 is 14.5. The van der Waals surface area contributed by atoms with Crippen molar-refractivity contribution in [2.75, 3.05) is 0 Å². The summed E-state index contributed by atoms with van der Waals surface area (Å²) in [5.74, 6) is -0.549. The number of aryl methyl sites for hydroxylation is 1. The van der Waals surface area contributed by atoms with Crippen LogP contribution in [0.25, 0.3) is 5.69 Å². The largest absolute Gasteiger partial charge is 0.329 e. The van der Waals surface area contributed by atoms with Gasteiger partial charge in [-0.05, 0) is 19.1 Å². The summed E-state index contributed by atoms with van der Waals surface area (Å²) in [6, 6.07) is 5.78. The van der Waals surface area contributed by atoms with Crippen molar-refractivity contribution in [1.82, 2.24) is 9.78 Å². The molecule has 0 saturated heterocycles. The Hall–Kier alpha value is -1.95. The number of hydrogen-bond acceptors (Lipinski definition) is 3. The van der Waals surface area contributed by atoms with Crippen LogP contribution in [0.2, 0.25) is 5.15 Å². The fraction of sp³-hybridized carbons (Fsp3) is 0.100. The number of hydrogen-bond donors (Lipinski definition) is 0. The Balaban J connectivity index is 2.66. The lowest BCUT2D eigenvalue weighted by Gasteiger charge is -2.02. The van der Waals surface area contributed by atoms with Gasteiger partial charge < -0.3 is 0 Å². The van der Waals surface area contributed by atoms with E-state index in [9.17, 15) is 14.5 Å². The van der Waals surface area contributed by atoms with Crippen LogP contribution in [-0.2, 0) is 0 Å². The standard InChI is InChI=1S/C10H7ClFN3O2/c1-6-9(15(16)17)10(11)14(13-6)8-5-3-2-4-7(8)12/h2-5H,1H3. The quantitative estimate of drug-likeness (QED) is 0.612. The van der Waals surface area contributed by atoms with Crippen LogP contribution in [0.4, 0.5) is 10.1 Å². The zero-order valence-corrected chi connectivity index (χ0v) is 9.48. The third-order valence-corrected chi connectivity index (χ3v) is 2.58. The monoisotopic (exact) mass is 255 g/mol. The summed E-state index contributed by atoms with van der Waals surface area (Å²) in [5.41, 5.74) is -0.0909. The van der Waals surface area contributed by atoms with Gasteiger partial charge in [-0.3, -0.25) is 10.1 Å². The maximum Gasteiger partial charge on any atom is 0.329 e. The Bertz CT molecular complexity index is 597. The Kier molecular flexibility index (Phi) is 2.81. The average Bonchev–Trinajstić information content (AvgIpc) is 2.55. The lowest BCUT2D eigenvalue weighted by Crippen LogP contribution is -1.99. The summed E-state index contributed by atoms with van der Waals surface area (Å²) in [6.45, 7) is 1.45. The average molecular weight is 256 g/mol. The van der Waals surface area contributed by atoms with E-state index in [-0.39, 0.29) is 22.2 Å². The molecule has 7 heteroatoms. The number of benzene rings is 1. The van der Waals surface area contributed by atoms with E-state index in [0.29, 0.717) is 0 Å². The van der Waals surface area contributed by atoms with E-state index in [2.05, 4.69) is 5.10 Å². The molecule has 17 heavy (non-hydrogen) atoms. The van der Waals surface area contributed by atoms with Crippen molar-refractivity contribution >= 4 is 17.3 Å². The molecule has 0 radical (unpaired) electrons. The predicted octanol–water partition coefficient (Wildman–Crippen LogP) is 2.88. The van der Waals surface area contributed by atoms with Crippen molar-refractivity contribution in [2.45, 2.75) is 6.92 Å². The Labute approximate surface area is 101 Å². The van der Waals surface area contributed by atoms with Crippen molar-refractivity contribution in [3.8, 4) is 5.69 Å². The second-order valence-electron chi connectivity index (χ2n) is 3.35. The molecular formula is C10H7ClFN3O2. The molecule has 0 amide bonds. The SMILES string of the molecule is Cc1nn(-c2ccccc2F)c(Cl)c1[N+](=O)[O-]. The van der Waals surface area contributed by atoms with E-state index in [4.69, 9.17) is 11.6 Å². The van der Waals surface area contributed by atoms with Gasteiger partial charge in [-0.15, -0.1) is 0 Å². The third-order valence-electron chi connectivity index (χ3n) is 2.24. The number of nitrogens with zero attached hydrogens (tertiary/aromatic N) is 3. The fourth-order valence-electron chi connectivity index (χ4n) is 1.48. The molecule has 1 aromatic heterocycles. The predicted molar refractivity (Wildman–Crippen MR) is 59.9 cm³/mol. The molecule has 0 aliphatic heterocycles. The normalized spacial score (nSPS) is 10.5. The molecule has 0 atom stereocenters. The molecule has 0 aliphatic rings. The van der Waals surface area contributed by atoms with Gasteiger partial charge in [0.25, 0.3) is 0 Å². The molecule has 0 unspecified atom stereocenters. The first-order valence-electron chi connectivity index (χ1n) is 4.66. The minimum atomic E-state index is -0.637. The maximum absolute atomic E-state index is 13.5. The van der Waals surface area contributed by atoms with Crippen LogP contribution < -0.4 is 0 Å². The molecule has 1 aromatic carbocycles. The smallest absolute Gasteiger partial charge is 0.258 e. The molecule has 1 heterocycles. The van der Waals surface area contributed by atoms with Crippen molar-refractivity contribution in [1.29, 1.82) is 0 Å². The minimum Gasteiger partial charge on any atom is -0.258 e. The van der Waals surface area contributed by atoms with Gasteiger partial charge in [-0.1, -0.05) is 23.7 Å². The molecule has 0 N–H and O–H groups in total. The second kappa shape index (κ2) is 4.14. The highest BCUT2D eigenvalue weighted by Gasteiger charge is 2.25. The molecular weight excluding hydrogens is 249 g/mol. The minimum absolute atomic E-state index is 0.0775. The van der Waals surface area contributed by atoms with E-state index in [0.717, 1.165) is 4.68 Å². The Morgan fingerprint density at radius 3 is 2.65 bits per heavy atom. The van der Waals surface area contributed by atoms with Crippen LogP contribution in [0.15, 0.2) is 24.3 Å². The summed E-state index contributed by atoms with van der Waals surface area (Å²) in [6.07, 6.45) is 0. The van der Waals surface area contributed by atoms with E-state index in [1.54, 1.807) is 6.07 Å². The van der Waals surface area contributed by atoms with Crippen LogP contribution in [0.1, 0.15) is 5.69 Å². The van der Waals surface area contributed by atoms with Gasteiger partial charge in [0.2, 0.25) is 5.15 Å². The zero-order chi connectivity index (χ0) is 12.6. The summed E-state index contributed by atoms with van der Waals surface area (Å²) >= 11 is 5.82. The topological polar surface area (TPSA) is 61.0 Å². The molecule has 2 aromatic rings. The van der Waals surface area contributed by atoms with Crippen LogP contribution >= 0.6 is 11.6 Å². The van der Waals surface area contributed by atoms with Crippen molar-refractivity contribution in [2.24, 2.45) is 0 Å². The van der Waals surface area contributed by atoms with Crippen molar-refractivity contribution in [3.05, 3.63) is 51.0 Å². The highest BCUT2D eigenvalue weighted by molar-refractivity contribution is 6.32. The van der Waals surface area contributed by atoms with Crippen LogP contribution in [0.5, 0.6) is 0 Å². The molecule has 0 bridgehead atoms. The van der Waals surface area contributed by atoms with E-state index in [1.807, 2.05) is 0 Å². The Morgan fingerprint density at radius 1 is 1.47 bits per heavy atom. The second-order valence-corrected chi connectivity index (χ2v) is 3.70. The van der Waals surface area contributed by atoms with Crippen LogP contribution in [-0.4, -0.2) is 14.7 Å². The van der Waals surface area contributed by atoms with Gasteiger partial charge >= 0.3 is 5.69 Å². The van der Waals surface area contributed by atoms with Gasteiger partial charge in [0.15, 0.2) is 0 Å². The lowest BCUT2D eigenvalue weighted by atomic mass is 10.3. The van der Waals surface area contributed by atoms with E-state index < -0.39 is 10.7 Å². The highest BCUT2D eigenvalue weighted by atomic mass is 35.5. The first-order chi connectivity index (χ1) is 8.02. The Morgan fingerprint density at radius 2 is 2.12 bits per heavy atom. The molecule has 0 spiro atoms. The lowest BCUT2D eigenvalue weighted by molar-refractivity contribution is -0.385. The summed E-state index contributed by atoms with van der Waals surface area (Å²) in [4.78, 5) is 10.1.